The van der Waals surface area contributed by atoms with E-state index in [0.29, 0.717) is 19.3 Å². The molecule has 7 nitrogen and oxygen atoms in total. The molecule has 0 unspecified atom stereocenters. The van der Waals surface area contributed by atoms with Crippen LogP contribution in [0.5, 0.6) is 0 Å². The average molecular weight is 395 g/mol. The summed E-state index contributed by atoms with van der Waals surface area (Å²) in [7, 11) is 0. The zero-order valence-electron chi connectivity index (χ0n) is 18.1. The number of aliphatic hydroxyl groups is 1. The molecule has 0 saturated carbocycles. The second kappa shape index (κ2) is 24.4. The maximum absolute atomic E-state index is 9.60. The van der Waals surface area contributed by atoms with Gasteiger partial charge in [-0.1, -0.05) is 47.0 Å². The van der Waals surface area contributed by atoms with E-state index in [0.717, 1.165) is 32.1 Å². The zero-order chi connectivity index (χ0) is 22.3. The van der Waals surface area contributed by atoms with Gasteiger partial charge in [0.2, 0.25) is 0 Å². The number of carbonyl (C=O) groups is 3. The molecule has 0 heterocycles. The molecule has 164 valence electrons. The fourth-order valence-corrected chi connectivity index (χ4v) is 1.45. The third kappa shape index (κ3) is 68.2. The molecule has 0 bridgehead atoms. The summed E-state index contributed by atoms with van der Waals surface area (Å²) in [4.78, 5) is 28.8. The summed E-state index contributed by atoms with van der Waals surface area (Å²) in [6, 6.07) is 0. The van der Waals surface area contributed by atoms with Crippen LogP contribution in [0.25, 0.3) is 0 Å². The van der Waals surface area contributed by atoms with Gasteiger partial charge in [-0.3, -0.25) is 14.4 Å². The Kier molecular flexibility index (Phi) is 29.8. The Balaban J connectivity index is -0.000000133. The Morgan fingerprint density at radius 3 is 1.04 bits per heavy atom. The minimum absolute atomic E-state index is 0.292. The third-order valence-electron chi connectivity index (χ3n) is 2.78. The molecule has 0 aromatic heterocycles. The summed E-state index contributed by atoms with van der Waals surface area (Å²) in [6.07, 6.45) is 7.63. The monoisotopic (exact) mass is 394 g/mol. The molecule has 0 rings (SSSR count). The molecule has 4 N–H and O–H groups in total. The van der Waals surface area contributed by atoms with E-state index < -0.39 is 23.5 Å². The van der Waals surface area contributed by atoms with Gasteiger partial charge >= 0.3 is 17.9 Å². The lowest BCUT2D eigenvalue weighted by Crippen LogP contribution is -2.17. The predicted octanol–water partition coefficient (Wildman–Crippen LogP) is 4.95. The highest BCUT2D eigenvalue weighted by Crippen LogP contribution is 2.12. The molecule has 0 aliphatic carbocycles. The van der Waals surface area contributed by atoms with Gasteiger partial charge in [0.05, 0.1) is 5.60 Å². The highest BCUT2D eigenvalue weighted by molar-refractivity contribution is 5.67. The van der Waals surface area contributed by atoms with E-state index in [1.807, 2.05) is 34.6 Å². The van der Waals surface area contributed by atoms with Crippen LogP contribution in [0.15, 0.2) is 0 Å². The van der Waals surface area contributed by atoms with Crippen LogP contribution in [-0.4, -0.2) is 43.9 Å². The summed E-state index contributed by atoms with van der Waals surface area (Å²) in [5.74, 6) is -2.13. The second-order valence-electron chi connectivity index (χ2n) is 6.70. The Labute approximate surface area is 164 Å². The Morgan fingerprint density at radius 2 is 0.926 bits per heavy atom. The van der Waals surface area contributed by atoms with Gasteiger partial charge in [-0.05, 0) is 39.5 Å². The van der Waals surface area contributed by atoms with E-state index in [9.17, 15) is 19.5 Å². The normalized spacial score (nSPS) is 9.44. The van der Waals surface area contributed by atoms with Crippen LogP contribution in [0.1, 0.15) is 106 Å². The van der Waals surface area contributed by atoms with Crippen molar-refractivity contribution in [1.82, 2.24) is 0 Å². The molecule has 27 heavy (non-hydrogen) atoms. The van der Waals surface area contributed by atoms with Crippen molar-refractivity contribution in [2.75, 3.05) is 0 Å². The summed E-state index contributed by atoms with van der Waals surface area (Å²) in [6.45, 7) is 11.4. The third-order valence-corrected chi connectivity index (χ3v) is 2.78. The SMILES string of the molecule is CCCC(=O)O.CCCC(=O)O.CCCC(=O)O.CCCCCC(C)(C)O. The van der Waals surface area contributed by atoms with Gasteiger partial charge in [0, 0.05) is 19.3 Å². The van der Waals surface area contributed by atoms with E-state index in [-0.39, 0.29) is 0 Å². The quantitative estimate of drug-likeness (QED) is 0.385. The van der Waals surface area contributed by atoms with Gasteiger partial charge in [0.25, 0.3) is 0 Å². The molecule has 7 heteroatoms. The van der Waals surface area contributed by atoms with E-state index in [2.05, 4.69) is 6.92 Å². The average Bonchev–Trinajstić information content (AvgIpc) is 2.47. The molecule has 0 aliphatic heterocycles. The number of carboxylic acid groups (broad SMARTS) is 3. The largest absolute Gasteiger partial charge is 0.481 e. The maximum Gasteiger partial charge on any atom is 0.303 e. The molecule has 0 spiro atoms. The maximum atomic E-state index is 9.60. The Morgan fingerprint density at radius 1 is 0.630 bits per heavy atom. The summed E-state index contributed by atoms with van der Waals surface area (Å²) < 4.78 is 0. The number of aliphatic carboxylic acids is 3. The summed E-state index contributed by atoms with van der Waals surface area (Å²) in [5.41, 5.74) is -0.449. The van der Waals surface area contributed by atoms with Crippen molar-refractivity contribution in [2.45, 2.75) is 111 Å². The van der Waals surface area contributed by atoms with Gasteiger partial charge in [0.15, 0.2) is 0 Å². The summed E-state index contributed by atoms with van der Waals surface area (Å²) in [5, 5.41) is 33.0. The fraction of sp³-hybridized carbons (Fsp3) is 0.850. The highest BCUT2D eigenvalue weighted by Gasteiger charge is 2.10. The van der Waals surface area contributed by atoms with Crippen LogP contribution in [0.2, 0.25) is 0 Å². The van der Waals surface area contributed by atoms with Crippen LogP contribution >= 0.6 is 0 Å². The molecule has 0 aromatic carbocycles. The Hall–Kier alpha value is -1.63. The number of hydrogen-bond acceptors (Lipinski definition) is 4. The first-order chi connectivity index (χ1) is 12.4. The number of unbranched alkanes of at least 4 members (excludes halogenated alkanes) is 2. The molecule has 0 saturated heterocycles. The lowest BCUT2D eigenvalue weighted by molar-refractivity contribution is -0.138. The Bertz CT molecular complexity index is 309. The first-order valence-corrected chi connectivity index (χ1v) is 9.75. The van der Waals surface area contributed by atoms with Crippen molar-refractivity contribution in [1.29, 1.82) is 0 Å². The van der Waals surface area contributed by atoms with Crippen LogP contribution < -0.4 is 0 Å². The van der Waals surface area contributed by atoms with Crippen molar-refractivity contribution in [3.05, 3.63) is 0 Å². The molecule has 0 fully saturated rings. The molecule has 0 radical (unpaired) electrons. The summed E-state index contributed by atoms with van der Waals surface area (Å²) >= 11 is 0. The van der Waals surface area contributed by atoms with Crippen molar-refractivity contribution >= 4 is 17.9 Å². The lowest BCUT2D eigenvalue weighted by atomic mass is 10.0. The molecule has 0 aromatic rings. The van der Waals surface area contributed by atoms with Gasteiger partial charge in [-0.25, -0.2) is 0 Å². The number of hydrogen-bond donors (Lipinski definition) is 4. The second-order valence-corrected chi connectivity index (χ2v) is 6.70. The topological polar surface area (TPSA) is 132 Å². The van der Waals surface area contributed by atoms with Gasteiger partial charge in [0.1, 0.15) is 0 Å². The zero-order valence-corrected chi connectivity index (χ0v) is 18.1. The van der Waals surface area contributed by atoms with Crippen LogP contribution in [-0.2, 0) is 14.4 Å². The minimum atomic E-state index is -0.711. The van der Waals surface area contributed by atoms with E-state index in [1.165, 1.54) is 12.8 Å². The number of carboxylic acids is 3. The lowest BCUT2D eigenvalue weighted by Gasteiger charge is -2.15. The minimum Gasteiger partial charge on any atom is -0.481 e. The van der Waals surface area contributed by atoms with Gasteiger partial charge in [-0.2, -0.15) is 0 Å². The van der Waals surface area contributed by atoms with Crippen molar-refractivity contribution in [3.63, 3.8) is 0 Å². The molecule has 0 atom stereocenters. The van der Waals surface area contributed by atoms with Crippen molar-refractivity contribution in [2.24, 2.45) is 0 Å². The number of rotatable bonds is 10. The van der Waals surface area contributed by atoms with Gasteiger partial charge < -0.3 is 20.4 Å². The van der Waals surface area contributed by atoms with E-state index in [4.69, 9.17) is 15.3 Å². The van der Waals surface area contributed by atoms with Crippen molar-refractivity contribution < 1.29 is 34.8 Å². The van der Waals surface area contributed by atoms with Gasteiger partial charge in [-0.15, -0.1) is 0 Å². The van der Waals surface area contributed by atoms with Crippen LogP contribution in [0.4, 0.5) is 0 Å². The van der Waals surface area contributed by atoms with Crippen LogP contribution in [0.3, 0.4) is 0 Å². The molecular weight excluding hydrogens is 352 g/mol. The predicted molar refractivity (Wildman–Crippen MR) is 108 cm³/mol. The molecule has 0 aliphatic rings. The first kappa shape index (κ1) is 33.0. The standard InChI is InChI=1S/C8H18O.3C4H8O2/c1-4-5-6-7-8(2,3)9;3*1-2-3-4(5)6/h9H,4-7H2,1-3H3;3*2-3H2,1H3,(H,5,6). The highest BCUT2D eigenvalue weighted by atomic mass is 16.4. The van der Waals surface area contributed by atoms with Crippen LogP contribution in [0, 0.1) is 0 Å². The molecular formula is C20H42O7. The smallest absolute Gasteiger partial charge is 0.303 e. The fourth-order valence-electron chi connectivity index (χ4n) is 1.45. The van der Waals surface area contributed by atoms with E-state index in [1.54, 1.807) is 0 Å². The first-order valence-electron chi connectivity index (χ1n) is 9.75. The van der Waals surface area contributed by atoms with E-state index >= 15 is 0 Å². The molecule has 0 amide bonds. The van der Waals surface area contributed by atoms with Crippen molar-refractivity contribution in [3.8, 4) is 0 Å².